The third-order valence-electron chi connectivity index (χ3n) is 4.79. The number of carbonyl (C=O) groups is 1. The van der Waals surface area contributed by atoms with Crippen molar-refractivity contribution in [2.45, 2.75) is 50.5 Å². The van der Waals surface area contributed by atoms with Crippen molar-refractivity contribution in [3.8, 4) is 0 Å². The van der Waals surface area contributed by atoms with Crippen molar-refractivity contribution >= 4 is 28.5 Å². The maximum Gasteiger partial charge on any atom is 0.416 e. The minimum Gasteiger partial charge on any atom is -0.321 e. The second kappa shape index (κ2) is 7.40. The first-order chi connectivity index (χ1) is 11.9. The Bertz CT molecular complexity index is 657. The average molecular weight is 370 g/mol. The molecule has 2 aliphatic rings. The van der Waals surface area contributed by atoms with Gasteiger partial charge in [0.15, 0.2) is 5.17 Å². The van der Waals surface area contributed by atoms with Gasteiger partial charge < -0.3 is 4.90 Å². The van der Waals surface area contributed by atoms with E-state index in [-0.39, 0.29) is 17.1 Å². The summed E-state index contributed by atoms with van der Waals surface area (Å²) < 4.78 is 38.2. The van der Waals surface area contributed by atoms with Gasteiger partial charge in [-0.3, -0.25) is 4.79 Å². The van der Waals surface area contributed by atoms with E-state index in [1.807, 2.05) is 11.8 Å². The fourth-order valence-electron chi connectivity index (χ4n) is 3.42. The normalized spacial score (nSPS) is 24.3. The number of nitrogens with zero attached hydrogens (tertiary/aromatic N) is 2. The van der Waals surface area contributed by atoms with E-state index >= 15 is 0 Å². The Labute approximate surface area is 149 Å². The molecule has 1 heterocycles. The number of hydrogen-bond donors (Lipinski definition) is 0. The summed E-state index contributed by atoms with van der Waals surface area (Å²) in [5, 5.41) is 0.835. The van der Waals surface area contributed by atoms with Gasteiger partial charge in [-0.05, 0) is 44.0 Å². The Balaban J connectivity index is 1.84. The summed E-state index contributed by atoms with van der Waals surface area (Å²) >= 11 is 1.60. The predicted molar refractivity (Wildman–Crippen MR) is 94.9 cm³/mol. The number of carbonyl (C=O) groups excluding carboxylic acids is 1. The molecule has 1 aromatic rings. The van der Waals surface area contributed by atoms with Crippen LogP contribution >= 0.6 is 11.8 Å². The van der Waals surface area contributed by atoms with E-state index in [0.717, 1.165) is 44.2 Å². The van der Waals surface area contributed by atoms with Crippen molar-refractivity contribution < 1.29 is 18.0 Å². The number of aliphatic imine (C=N–C) groups is 1. The molecule has 1 aliphatic carbocycles. The van der Waals surface area contributed by atoms with Crippen LogP contribution in [0.3, 0.4) is 0 Å². The van der Waals surface area contributed by atoms with E-state index in [1.54, 1.807) is 11.8 Å². The van der Waals surface area contributed by atoms with Crippen LogP contribution in [0.25, 0.3) is 0 Å². The van der Waals surface area contributed by atoms with Gasteiger partial charge in [0.25, 0.3) is 5.91 Å². The van der Waals surface area contributed by atoms with Crippen molar-refractivity contribution in [3.63, 3.8) is 0 Å². The number of rotatable bonds is 2. The molecule has 0 N–H and O–H groups in total. The van der Waals surface area contributed by atoms with Gasteiger partial charge in [-0.15, -0.1) is 0 Å². The number of alkyl halides is 3. The fourth-order valence-corrected chi connectivity index (χ4v) is 4.90. The van der Waals surface area contributed by atoms with Gasteiger partial charge in [0.05, 0.1) is 11.5 Å². The summed E-state index contributed by atoms with van der Waals surface area (Å²) in [4.78, 5) is 18.5. The van der Waals surface area contributed by atoms with Crippen LogP contribution in [0.15, 0.2) is 29.3 Å². The summed E-state index contributed by atoms with van der Waals surface area (Å²) in [5.74, 6) is -0.0893. The zero-order valence-electron chi connectivity index (χ0n) is 14.1. The summed E-state index contributed by atoms with van der Waals surface area (Å²) in [6.45, 7) is 2.45. The van der Waals surface area contributed by atoms with Gasteiger partial charge >= 0.3 is 6.18 Å². The number of amidine groups is 1. The van der Waals surface area contributed by atoms with Crippen molar-refractivity contribution in [2.24, 2.45) is 10.9 Å². The topological polar surface area (TPSA) is 32.7 Å². The van der Waals surface area contributed by atoms with E-state index in [9.17, 15) is 18.0 Å². The molecule has 0 radical (unpaired) electrons. The molecule has 136 valence electrons. The number of amides is 1. The molecule has 0 spiro atoms. The molecule has 0 saturated heterocycles. The van der Waals surface area contributed by atoms with Gasteiger partial charge in [-0.1, -0.05) is 31.0 Å². The Hall–Kier alpha value is -1.50. The summed E-state index contributed by atoms with van der Waals surface area (Å²) in [6.07, 6.45) is 0.850. The third-order valence-corrected chi connectivity index (χ3v) is 6.18. The third kappa shape index (κ3) is 4.02. The minimum atomic E-state index is -4.35. The van der Waals surface area contributed by atoms with Gasteiger partial charge in [-0.25, -0.2) is 0 Å². The second-order valence-corrected chi connectivity index (χ2v) is 7.63. The lowest BCUT2D eigenvalue weighted by Gasteiger charge is -2.32. The molecule has 2 atom stereocenters. The van der Waals surface area contributed by atoms with Crippen molar-refractivity contribution in [3.05, 3.63) is 29.8 Å². The molecule has 0 aromatic heterocycles. The Kier molecular flexibility index (Phi) is 5.41. The Morgan fingerprint density at radius 1 is 1.16 bits per heavy atom. The lowest BCUT2D eigenvalue weighted by molar-refractivity contribution is -0.137. The Morgan fingerprint density at radius 3 is 2.48 bits per heavy atom. The molecule has 1 aromatic carbocycles. The predicted octanol–water partition coefficient (Wildman–Crippen LogP) is 5.11. The van der Waals surface area contributed by atoms with E-state index in [0.29, 0.717) is 17.4 Å². The number of fused-ring (bicyclic) bond motifs is 1. The van der Waals surface area contributed by atoms with Crippen LogP contribution in [0.4, 0.5) is 18.9 Å². The zero-order chi connectivity index (χ0) is 18.0. The molecule has 25 heavy (non-hydrogen) atoms. The highest BCUT2D eigenvalue weighted by atomic mass is 32.2. The van der Waals surface area contributed by atoms with Crippen LogP contribution in [0, 0.1) is 5.92 Å². The van der Waals surface area contributed by atoms with Crippen molar-refractivity contribution in [1.82, 2.24) is 0 Å². The average Bonchev–Trinajstić information content (AvgIpc) is 2.81. The van der Waals surface area contributed by atoms with Crippen LogP contribution in [0.5, 0.6) is 0 Å². The van der Waals surface area contributed by atoms with Gasteiger partial charge in [-0.2, -0.15) is 18.2 Å². The van der Waals surface area contributed by atoms with Crippen LogP contribution in [-0.2, 0) is 11.0 Å². The summed E-state index contributed by atoms with van der Waals surface area (Å²) in [7, 11) is 0. The summed E-state index contributed by atoms with van der Waals surface area (Å²) in [6, 6.07) is 5.03. The molecule has 1 aliphatic heterocycles. The maximum absolute atomic E-state index is 12.7. The number of hydrogen-bond acceptors (Lipinski definition) is 3. The fraction of sp³-hybridized carbons (Fsp3) is 0.556. The lowest BCUT2D eigenvalue weighted by atomic mass is 9.99. The molecule has 1 amide bonds. The smallest absolute Gasteiger partial charge is 0.321 e. The van der Waals surface area contributed by atoms with Crippen molar-refractivity contribution in [2.75, 3.05) is 11.4 Å². The minimum absolute atomic E-state index is 0.0115. The van der Waals surface area contributed by atoms with E-state index < -0.39 is 11.7 Å². The molecule has 7 heteroatoms. The Morgan fingerprint density at radius 2 is 1.84 bits per heavy atom. The molecular formula is C18H21F3N2OS. The maximum atomic E-state index is 12.7. The van der Waals surface area contributed by atoms with E-state index in [2.05, 4.69) is 4.99 Å². The molecule has 0 bridgehead atoms. The summed E-state index contributed by atoms with van der Waals surface area (Å²) in [5.41, 5.74) is -0.0490. The van der Waals surface area contributed by atoms with Crippen molar-refractivity contribution in [1.29, 1.82) is 0 Å². The number of anilines is 1. The highest BCUT2D eigenvalue weighted by Crippen LogP contribution is 2.39. The molecule has 3 nitrogen and oxygen atoms in total. The van der Waals surface area contributed by atoms with Crippen LogP contribution in [0.2, 0.25) is 0 Å². The van der Waals surface area contributed by atoms with Crippen LogP contribution in [0.1, 0.15) is 44.6 Å². The lowest BCUT2D eigenvalue weighted by Crippen LogP contribution is -2.38. The molecule has 2 unspecified atom stereocenters. The monoisotopic (exact) mass is 370 g/mol. The SMILES string of the molecule is CCN(C1=NC(=O)C2CCCCCC2S1)c1ccc(C(F)(F)F)cc1. The standard InChI is InChI=1S/C18H21F3N2OS/c1-2-23(13-10-8-12(9-11-13)18(19,20)21)17-22-16(24)14-6-4-3-5-7-15(14)25-17/h8-11,14-15H,2-7H2,1H3. The molecule has 1 saturated carbocycles. The molecule has 3 rings (SSSR count). The van der Waals surface area contributed by atoms with Crippen LogP contribution < -0.4 is 4.90 Å². The van der Waals surface area contributed by atoms with Gasteiger partial charge in [0.2, 0.25) is 0 Å². The molecular weight excluding hydrogens is 349 g/mol. The first-order valence-corrected chi connectivity index (χ1v) is 9.52. The number of thioether (sulfide) groups is 1. The van der Waals surface area contributed by atoms with E-state index in [1.165, 1.54) is 12.1 Å². The van der Waals surface area contributed by atoms with E-state index in [4.69, 9.17) is 0 Å². The first-order valence-electron chi connectivity index (χ1n) is 8.64. The molecule has 1 fully saturated rings. The number of halogens is 3. The largest absolute Gasteiger partial charge is 0.416 e. The van der Waals surface area contributed by atoms with Gasteiger partial charge in [0, 0.05) is 17.5 Å². The zero-order valence-corrected chi connectivity index (χ0v) is 14.9. The first kappa shape index (κ1) is 18.3. The van der Waals surface area contributed by atoms with Gasteiger partial charge in [0.1, 0.15) is 0 Å². The quantitative estimate of drug-likeness (QED) is 0.725. The second-order valence-electron chi connectivity index (χ2n) is 6.42. The van der Waals surface area contributed by atoms with Crippen LogP contribution in [-0.4, -0.2) is 22.9 Å². The highest BCUT2D eigenvalue weighted by molar-refractivity contribution is 8.14. The highest BCUT2D eigenvalue weighted by Gasteiger charge is 2.37. The number of benzene rings is 1.